The maximum absolute atomic E-state index is 13.7. The third kappa shape index (κ3) is 3.20. The number of rotatable bonds is 3. The molecule has 0 radical (unpaired) electrons. The Bertz CT molecular complexity index is 817. The summed E-state index contributed by atoms with van der Waals surface area (Å²) in [6, 6.07) is 4.51. The zero-order valence-corrected chi connectivity index (χ0v) is 15.5. The van der Waals surface area contributed by atoms with Gasteiger partial charge in [0.25, 0.3) is 0 Å². The lowest BCUT2D eigenvalue weighted by molar-refractivity contribution is -0.138. The smallest absolute Gasteiger partial charge is 0.336 e. The van der Waals surface area contributed by atoms with E-state index >= 15 is 0 Å². The molecule has 0 spiro atoms. The predicted molar refractivity (Wildman–Crippen MR) is 94.0 cm³/mol. The lowest BCUT2D eigenvalue weighted by atomic mass is 9.78. The van der Waals surface area contributed by atoms with Gasteiger partial charge in [-0.05, 0) is 47.5 Å². The Labute approximate surface area is 153 Å². The average Bonchev–Trinajstić information content (AvgIpc) is 2.56. The van der Waals surface area contributed by atoms with Gasteiger partial charge < -0.3 is 15.4 Å². The SMILES string of the molecule is CCOC(=O)C1=C(C)NC2=C(C(=O)NCC2)C1c1ccc(F)c(Br)c1. The number of amides is 1. The maximum Gasteiger partial charge on any atom is 0.336 e. The molecular formula is C18H18BrFN2O3. The van der Waals surface area contributed by atoms with Crippen LogP contribution in [-0.2, 0) is 14.3 Å². The molecule has 0 fully saturated rings. The fourth-order valence-corrected chi connectivity index (χ4v) is 3.66. The van der Waals surface area contributed by atoms with E-state index in [0.29, 0.717) is 35.4 Å². The lowest BCUT2D eigenvalue weighted by Gasteiger charge is -2.34. The molecule has 1 aromatic carbocycles. The molecule has 2 aliphatic rings. The molecule has 0 saturated carbocycles. The van der Waals surface area contributed by atoms with Crippen molar-refractivity contribution in [1.29, 1.82) is 0 Å². The molecule has 1 amide bonds. The van der Waals surface area contributed by atoms with Crippen molar-refractivity contribution in [1.82, 2.24) is 10.6 Å². The van der Waals surface area contributed by atoms with Gasteiger partial charge in [0.05, 0.1) is 22.6 Å². The van der Waals surface area contributed by atoms with E-state index in [9.17, 15) is 14.0 Å². The van der Waals surface area contributed by atoms with Gasteiger partial charge in [0.15, 0.2) is 0 Å². The van der Waals surface area contributed by atoms with E-state index < -0.39 is 17.7 Å². The minimum Gasteiger partial charge on any atom is -0.463 e. The van der Waals surface area contributed by atoms with Gasteiger partial charge in [0.2, 0.25) is 5.91 Å². The van der Waals surface area contributed by atoms with E-state index in [-0.39, 0.29) is 17.0 Å². The zero-order valence-electron chi connectivity index (χ0n) is 13.9. The van der Waals surface area contributed by atoms with E-state index in [1.807, 2.05) is 0 Å². The highest BCUT2D eigenvalue weighted by Gasteiger charge is 2.39. The van der Waals surface area contributed by atoms with Gasteiger partial charge in [-0.15, -0.1) is 0 Å². The molecule has 2 heterocycles. The number of nitrogens with one attached hydrogen (secondary N) is 2. The van der Waals surface area contributed by atoms with E-state index in [1.54, 1.807) is 26.0 Å². The van der Waals surface area contributed by atoms with Crippen LogP contribution < -0.4 is 10.6 Å². The van der Waals surface area contributed by atoms with E-state index in [4.69, 9.17) is 4.74 Å². The van der Waals surface area contributed by atoms with Crippen LogP contribution in [0.25, 0.3) is 0 Å². The Balaban J connectivity index is 2.18. The molecule has 2 N–H and O–H groups in total. The van der Waals surface area contributed by atoms with Gasteiger partial charge in [-0.3, -0.25) is 4.79 Å². The lowest BCUT2D eigenvalue weighted by Crippen LogP contribution is -2.41. The van der Waals surface area contributed by atoms with E-state index in [0.717, 1.165) is 5.70 Å². The summed E-state index contributed by atoms with van der Waals surface area (Å²) in [5, 5.41) is 5.99. The molecule has 25 heavy (non-hydrogen) atoms. The second-order valence-electron chi connectivity index (χ2n) is 5.89. The van der Waals surface area contributed by atoms with Gasteiger partial charge in [-0.25, -0.2) is 9.18 Å². The summed E-state index contributed by atoms with van der Waals surface area (Å²) in [6.45, 7) is 4.28. The summed E-state index contributed by atoms with van der Waals surface area (Å²) in [6.07, 6.45) is 0.646. The second kappa shape index (κ2) is 7.00. The third-order valence-electron chi connectivity index (χ3n) is 4.32. The Morgan fingerprint density at radius 3 is 2.88 bits per heavy atom. The summed E-state index contributed by atoms with van der Waals surface area (Å²) in [5.41, 5.74) is 2.95. The van der Waals surface area contributed by atoms with Gasteiger partial charge in [-0.1, -0.05) is 6.07 Å². The van der Waals surface area contributed by atoms with Crippen LogP contribution in [0, 0.1) is 5.82 Å². The van der Waals surface area contributed by atoms with Crippen molar-refractivity contribution in [2.24, 2.45) is 0 Å². The quantitative estimate of drug-likeness (QED) is 0.754. The molecule has 1 aromatic rings. The van der Waals surface area contributed by atoms with Crippen molar-refractivity contribution in [3.8, 4) is 0 Å². The van der Waals surface area contributed by atoms with Gasteiger partial charge >= 0.3 is 5.97 Å². The number of esters is 1. The summed E-state index contributed by atoms with van der Waals surface area (Å²) in [4.78, 5) is 25.1. The fraction of sp³-hybridized carbons (Fsp3) is 0.333. The van der Waals surface area contributed by atoms with Crippen LogP contribution in [0.2, 0.25) is 0 Å². The molecule has 1 atom stereocenters. The molecule has 132 valence electrons. The largest absolute Gasteiger partial charge is 0.463 e. The molecule has 3 rings (SSSR count). The number of carbonyl (C=O) groups excluding carboxylic acids is 2. The number of halogens is 2. The van der Waals surface area contributed by atoms with Crippen LogP contribution in [0.5, 0.6) is 0 Å². The standard InChI is InChI=1S/C18H18BrFN2O3/c1-3-25-18(24)14-9(2)22-13-6-7-21-17(23)16(13)15(14)10-4-5-12(20)11(19)8-10/h4-5,8,15,22H,3,6-7H2,1-2H3,(H,21,23). The Morgan fingerprint density at radius 2 is 2.20 bits per heavy atom. The zero-order chi connectivity index (χ0) is 18.1. The molecule has 0 saturated heterocycles. The molecule has 0 aromatic heterocycles. The first-order valence-electron chi connectivity index (χ1n) is 8.05. The summed E-state index contributed by atoms with van der Waals surface area (Å²) in [7, 11) is 0. The third-order valence-corrected chi connectivity index (χ3v) is 4.93. The van der Waals surface area contributed by atoms with Crippen LogP contribution in [0.15, 0.2) is 45.2 Å². The monoisotopic (exact) mass is 408 g/mol. The molecule has 5 nitrogen and oxygen atoms in total. The summed E-state index contributed by atoms with van der Waals surface area (Å²) in [5.74, 6) is -1.72. The predicted octanol–water partition coefficient (Wildman–Crippen LogP) is 2.89. The molecule has 0 bridgehead atoms. The molecule has 7 heteroatoms. The fourth-order valence-electron chi connectivity index (χ4n) is 3.26. The molecular weight excluding hydrogens is 391 g/mol. The molecule has 2 aliphatic heterocycles. The first kappa shape index (κ1) is 17.7. The Morgan fingerprint density at radius 1 is 1.44 bits per heavy atom. The van der Waals surface area contributed by atoms with Crippen LogP contribution >= 0.6 is 15.9 Å². The van der Waals surface area contributed by atoms with Gasteiger partial charge in [0, 0.05) is 29.9 Å². The normalized spacial score (nSPS) is 20.0. The minimum absolute atomic E-state index is 0.228. The first-order valence-corrected chi connectivity index (χ1v) is 8.84. The van der Waals surface area contributed by atoms with Crippen LogP contribution in [0.1, 0.15) is 31.7 Å². The Hall–Kier alpha value is -2.15. The highest BCUT2D eigenvalue weighted by atomic mass is 79.9. The van der Waals surface area contributed by atoms with E-state index in [2.05, 4.69) is 26.6 Å². The number of dihydropyridines is 1. The van der Waals surface area contributed by atoms with Crippen molar-refractivity contribution < 1.29 is 18.7 Å². The summed E-state index contributed by atoms with van der Waals surface area (Å²) < 4.78 is 19.2. The number of benzene rings is 1. The topological polar surface area (TPSA) is 67.4 Å². The van der Waals surface area contributed by atoms with Crippen molar-refractivity contribution >= 4 is 27.8 Å². The van der Waals surface area contributed by atoms with Crippen LogP contribution in [0.3, 0.4) is 0 Å². The van der Waals surface area contributed by atoms with Crippen molar-refractivity contribution in [3.05, 3.63) is 56.6 Å². The minimum atomic E-state index is -0.604. The van der Waals surface area contributed by atoms with Crippen molar-refractivity contribution in [3.63, 3.8) is 0 Å². The number of carbonyl (C=O) groups is 2. The van der Waals surface area contributed by atoms with Crippen LogP contribution in [-0.4, -0.2) is 25.0 Å². The van der Waals surface area contributed by atoms with Gasteiger partial charge in [-0.2, -0.15) is 0 Å². The maximum atomic E-state index is 13.7. The van der Waals surface area contributed by atoms with Crippen molar-refractivity contribution in [2.75, 3.05) is 13.2 Å². The van der Waals surface area contributed by atoms with E-state index in [1.165, 1.54) is 6.07 Å². The van der Waals surface area contributed by atoms with Crippen molar-refractivity contribution in [2.45, 2.75) is 26.2 Å². The first-order chi connectivity index (χ1) is 11.9. The highest BCUT2D eigenvalue weighted by molar-refractivity contribution is 9.10. The number of hydrogen-bond donors (Lipinski definition) is 2. The van der Waals surface area contributed by atoms with Crippen LogP contribution in [0.4, 0.5) is 4.39 Å². The number of hydrogen-bond acceptors (Lipinski definition) is 4. The molecule has 1 unspecified atom stereocenters. The highest BCUT2D eigenvalue weighted by Crippen LogP contribution is 2.41. The molecule has 0 aliphatic carbocycles. The number of allylic oxidation sites excluding steroid dienone is 1. The Kier molecular flexibility index (Phi) is 4.94. The summed E-state index contributed by atoms with van der Waals surface area (Å²) >= 11 is 3.18. The van der Waals surface area contributed by atoms with Gasteiger partial charge in [0.1, 0.15) is 5.82 Å². The average molecular weight is 409 g/mol. The number of ether oxygens (including phenoxy) is 1. The second-order valence-corrected chi connectivity index (χ2v) is 6.74.